The summed E-state index contributed by atoms with van der Waals surface area (Å²) in [6.07, 6.45) is -0.255. The second kappa shape index (κ2) is 11.5. The molecule has 1 heterocycles. The maximum Gasteiger partial charge on any atom is 0.325 e. The van der Waals surface area contributed by atoms with Gasteiger partial charge in [0.05, 0.1) is 15.9 Å². The summed E-state index contributed by atoms with van der Waals surface area (Å²) in [5.74, 6) is -0.509. The maximum atomic E-state index is 13.1. The Bertz CT molecular complexity index is 1130. The Morgan fingerprint density at radius 1 is 1.17 bits per heavy atom. The monoisotopic (exact) mass is 497 g/mol. The second-order valence-corrected chi connectivity index (χ2v) is 10.0. The van der Waals surface area contributed by atoms with Gasteiger partial charge in [0, 0.05) is 36.2 Å². The Labute approximate surface area is 209 Å². The van der Waals surface area contributed by atoms with E-state index in [0.717, 1.165) is 10.5 Å². The van der Waals surface area contributed by atoms with E-state index in [9.17, 15) is 19.7 Å². The summed E-state index contributed by atoms with van der Waals surface area (Å²) in [5.41, 5.74) is 1.55. The SMILES string of the molecule is C=C(C(=O)N1CCNC(C(=O)OC(C)C)C1)c1ccc(Sc2ccccc2C(C)C)c([N+](=O)[O-])c1. The lowest BCUT2D eigenvalue weighted by molar-refractivity contribution is -0.387. The van der Waals surface area contributed by atoms with Crippen LogP contribution in [0.1, 0.15) is 44.7 Å². The fraction of sp³-hybridized carbons (Fsp3) is 0.385. The van der Waals surface area contributed by atoms with Crippen LogP contribution in [0, 0.1) is 10.1 Å². The van der Waals surface area contributed by atoms with Crippen molar-refractivity contribution in [2.24, 2.45) is 0 Å². The van der Waals surface area contributed by atoms with Gasteiger partial charge in [-0.1, -0.05) is 56.5 Å². The van der Waals surface area contributed by atoms with Crippen LogP contribution in [-0.2, 0) is 14.3 Å². The predicted octanol–water partition coefficient (Wildman–Crippen LogP) is 4.63. The normalized spacial score (nSPS) is 15.8. The van der Waals surface area contributed by atoms with E-state index in [1.807, 2.05) is 24.3 Å². The van der Waals surface area contributed by atoms with Gasteiger partial charge in [-0.25, -0.2) is 0 Å². The van der Waals surface area contributed by atoms with Crippen molar-refractivity contribution >= 4 is 34.9 Å². The number of hydrogen-bond acceptors (Lipinski definition) is 7. The van der Waals surface area contributed by atoms with E-state index in [4.69, 9.17) is 4.74 Å². The molecule has 1 aliphatic rings. The first-order valence-electron chi connectivity index (χ1n) is 11.6. The maximum absolute atomic E-state index is 13.1. The van der Waals surface area contributed by atoms with Gasteiger partial charge in [0.25, 0.3) is 11.6 Å². The molecule has 1 fully saturated rings. The molecule has 2 aromatic rings. The summed E-state index contributed by atoms with van der Waals surface area (Å²) in [6.45, 7) is 12.6. The summed E-state index contributed by atoms with van der Waals surface area (Å²) in [6, 6.07) is 11.9. The first kappa shape index (κ1) is 26.4. The minimum Gasteiger partial charge on any atom is -0.462 e. The van der Waals surface area contributed by atoms with Crippen LogP contribution < -0.4 is 5.32 Å². The molecule has 0 radical (unpaired) electrons. The average Bonchev–Trinajstić information content (AvgIpc) is 2.83. The zero-order valence-electron chi connectivity index (χ0n) is 20.4. The van der Waals surface area contributed by atoms with Crippen LogP contribution in [-0.4, -0.2) is 53.5 Å². The van der Waals surface area contributed by atoms with Gasteiger partial charge in [-0.2, -0.15) is 0 Å². The van der Waals surface area contributed by atoms with Gasteiger partial charge in [-0.05, 0) is 43.0 Å². The molecule has 0 aromatic heterocycles. The van der Waals surface area contributed by atoms with Crippen molar-refractivity contribution in [3.63, 3.8) is 0 Å². The molecule has 3 rings (SSSR count). The number of esters is 1. The van der Waals surface area contributed by atoms with Crippen LogP contribution in [0.2, 0.25) is 0 Å². The van der Waals surface area contributed by atoms with Crippen molar-refractivity contribution in [3.8, 4) is 0 Å². The number of nitrogens with zero attached hydrogens (tertiary/aromatic N) is 2. The summed E-state index contributed by atoms with van der Waals surface area (Å²) in [5, 5.41) is 15.0. The molecule has 1 saturated heterocycles. The smallest absolute Gasteiger partial charge is 0.325 e. The lowest BCUT2D eigenvalue weighted by Crippen LogP contribution is -2.56. The van der Waals surface area contributed by atoms with Crippen molar-refractivity contribution in [1.82, 2.24) is 10.2 Å². The molecule has 35 heavy (non-hydrogen) atoms. The molecule has 186 valence electrons. The Balaban J connectivity index is 1.80. The Hall–Kier alpha value is -3.17. The van der Waals surface area contributed by atoms with Gasteiger partial charge in [-0.15, -0.1) is 0 Å². The second-order valence-electron chi connectivity index (χ2n) is 8.96. The highest BCUT2D eigenvalue weighted by atomic mass is 32.2. The number of carbonyl (C=O) groups excluding carboxylic acids is 2. The van der Waals surface area contributed by atoms with E-state index in [1.165, 1.54) is 22.7 Å². The Morgan fingerprint density at radius 2 is 1.89 bits per heavy atom. The quantitative estimate of drug-likeness (QED) is 0.245. The number of piperazine rings is 1. The molecule has 1 N–H and O–H groups in total. The molecule has 0 saturated carbocycles. The van der Waals surface area contributed by atoms with Crippen molar-refractivity contribution in [1.29, 1.82) is 0 Å². The van der Waals surface area contributed by atoms with Gasteiger partial charge >= 0.3 is 5.97 Å². The highest BCUT2D eigenvalue weighted by molar-refractivity contribution is 7.99. The summed E-state index contributed by atoms with van der Waals surface area (Å²) >= 11 is 1.34. The number of carbonyl (C=O) groups is 2. The molecule has 0 spiro atoms. The highest BCUT2D eigenvalue weighted by Crippen LogP contribution is 2.39. The van der Waals surface area contributed by atoms with E-state index < -0.39 is 16.9 Å². The van der Waals surface area contributed by atoms with Crippen molar-refractivity contribution in [2.45, 2.75) is 55.5 Å². The van der Waals surface area contributed by atoms with Crippen LogP contribution in [0.25, 0.3) is 5.57 Å². The molecule has 8 nitrogen and oxygen atoms in total. The summed E-state index contributed by atoms with van der Waals surface area (Å²) in [4.78, 5) is 39.8. The van der Waals surface area contributed by atoms with Gasteiger partial charge in [-0.3, -0.25) is 19.7 Å². The fourth-order valence-corrected chi connectivity index (χ4v) is 5.00. The number of ether oxygens (including phenoxy) is 1. The van der Waals surface area contributed by atoms with Crippen LogP contribution in [0.3, 0.4) is 0 Å². The largest absolute Gasteiger partial charge is 0.462 e. The Kier molecular flexibility index (Phi) is 8.69. The predicted molar refractivity (Wildman–Crippen MR) is 136 cm³/mol. The van der Waals surface area contributed by atoms with E-state index in [1.54, 1.807) is 26.0 Å². The summed E-state index contributed by atoms with van der Waals surface area (Å²) in [7, 11) is 0. The zero-order chi connectivity index (χ0) is 25.7. The number of nitro benzene ring substituents is 1. The molecule has 1 unspecified atom stereocenters. The molecule has 1 atom stereocenters. The third-order valence-corrected chi connectivity index (χ3v) is 6.78. The molecular formula is C26H31N3O5S. The molecule has 2 aromatic carbocycles. The van der Waals surface area contributed by atoms with Crippen LogP contribution >= 0.6 is 11.8 Å². The van der Waals surface area contributed by atoms with Crippen molar-refractivity contribution in [3.05, 3.63) is 70.3 Å². The van der Waals surface area contributed by atoms with Crippen LogP contribution in [0.15, 0.2) is 58.8 Å². The lowest BCUT2D eigenvalue weighted by Gasteiger charge is -2.33. The van der Waals surface area contributed by atoms with Crippen LogP contribution in [0.5, 0.6) is 0 Å². The standard InChI is InChI=1S/C26H31N3O5S/c1-16(2)20-8-6-7-9-23(20)35-24-11-10-19(14-22(24)29(32)33)18(5)25(30)28-13-12-27-21(15-28)26(31)34-17(3)4/h6-11,14,16-17,21,27H,5,12-13,15H2,1-4H3. The molecule has 0 aliphatic carbocycles. The highest BCUT2D eigenvalue weighted by Gasteiger charge is 2.31. The first-order valence-corrected chi connectivity index (χ1v) is 12.4. The topological polar surface area (TPSA) is 102 Å². The lowest BCUT2D eigenvalue weighted by atomic mass is 10.0. The third kappa shape index (κ3) is 6.49. The number of hydrogen-bond donors (Lipinski definition) is 1. The number of nitro groups is 1. The van der Waals surface area contributed by atoms with E-state index in [2.05, 4.69) is 25.7 Å². The molecule has 1 aliphatic heterocycles. The van der Waals surface area contributed by atoms with Gasteiger partial charge in [0.1, 0.15) is 6.04 Å². The molecule has 1 amide bonds. The van der Waals surface area contributed by atoms with Gasteiger partial charge < -0.3 is 15.0 Å². The molecule has 9 heteroatoms. The van der Waals surface area contributed by atoms with Crippen molar-refractivity contribution in [2.75, 3.05) is 19.6 Å². The molecule has 0 bridgehead atoms. The minimum absolute atomic E-state index is 0.0845. The summed E-state index contributed by atoms with van der Waals surface area (Å²) < 4.78 is 5.25. The van der Waals surface area contributed by atoms with E-state index in [-0.39, 0.29) is 35.7 Å². The van der Waals surface area contributed by atoms with E-state index in [0.29, 0.717) is 23.5 Å². The van der Waals surface area contributed by atoms with E-state index >= 15 is 0 Å². The minimum atomic E-state index is -0.628. The fourth-order valence-electron chi connectivity index (χ4n) is 3.82. The number of amides is 1. The van der Waals surface area contributed by atoms with Gasteiger partial charge in [0.2, 0.25) is 0 Å². The first-order chi connectivity index (χ1) is 16.6. The third-order valence-electron chi connectivity index (χ3n) is 5.62. The molecular weight excluding hydrogens is 466 g/mol. The number of rotatable bonds is 8. The average molecular weight is 498 g/mol. The van der Waals surface area contributed by atoms with Crippen molar-refractivity contribution < 1.29 is 19.2 Å². The number of nitrogens with one attached hydrogen (secondary N) is 1. The van der Waals surface area contributed by atoms with Crippen LogP contribution in [0.4, 0.5) is 5.69 Å². The van der Waals surface area contributed by atoms with Gasteiger partial charge in [0.15, 0.2) is 0 Å². The zero-order valence-corrected chi connectivity index (χ0v) is 21.3. The number of benzene rings is 2. The Morgan fingerprint density at radius 3 is 2.54 bits per heavy atom.